The molecule has 4 saturated carbocycles. The van der Waals surface area contributed by atoms with E-state index in [2.05, 4.69) is 0 Å². The molecule has 0 aromatic heterocycles. The van der Waals surface area contributed by atoms with Crippen molar-refractivity contribution in [3.05, 3.63) is 23.8 Å². The monoisotopic (exact) mass is 566 g/mol. The first kappa shape index (κ1) is 27.7. The SMILES string of the molecule is C[C@]12C=CC(=O)C=C1CC[C@H]1[C@@H]3C[C@@H]4OC(C5CCCCC5)O[C@@]4(C(=O)COS(C)(=O)=O)[C@@]3(C)C[C@H](O)[C@@]12F. The molecule has 5 aliphatic carbocycles. The van der Waals surface area contributed by atoms with Crippen LogP contribution in [-0.4, -0.2) is 67.7 Å². The Morgan fingerprint density at radius 1 is 1.18 bits per heavy atom. The predicted molar refractivity (Wildman–Crippen MR) is 139 cm³/mol. The van der Waals surface area contributed by atoms with Crippen molar-refractivity contribution in [2.45, 2.75) is 101 Å². The second-order valence-electron chi connectivity index (χ2n) is 13.1. The molecule has 6 rings (SSSR count). The molecule has 0 aromatic rings. The van der Waals surface area contributed by atoms with Crippen LogP contribution in [0.2, 0.25) is 0 Å². The molecule has 0 radical (unpaired) electrons. The molecule has 1 N–H and O–H groups in total. The van der Waals surface area contributed by atoms with Crippen LogP contribution in [0.4, 0.5) is 4.39 Å². The fourth-order valence-corrected chi connectivity index (χ4v) is 9.69. The topological polar surface area (TPSA) is 116 Å². The minimum absolute atomic E-state index is 0.0583. The molecule has 8 nitrogen and oxygen atoms in total. The van der Waals surface area contributed by atoms with E-state index in [4.69, 9.17) is 13.7 Å². The van der Waals surface area contributed by atoms with E-state index >= 15 is 4.39 Å². The second kappa shape index (κ2) is 9.02. The molecule has 1 aliphatic heterocycles. The molecule has 6 aliphatic rings. The summed E-state index contributed by atoms with van der Waals surface area (Å²) in [5.41, 5.74) is -5.07. The first-order chi connectivity index (χ1) is 18.3. The molecule has 1 heterocycles. The summed E-state index contributed by atoms with van der Waals surface area (Å²) in [4.78, 5) is 26.1. The van der Waals surface area contributed by atoms with Crippen molar-refractivity contribution in [3.63, 3.8) is 0 Å². The Balaban J connectivity index is 1.40. The van der Waals surface area contributed by atoms with E-state index in [1.807, 2.05) is 6.92 Å². The highest BCUT2D eigenvalue weighted by Gasteiger charge is 2.79. The van der Waals surface area contributed by atoms with Gasteiger partial charge in [-0.05, 0) is 63.5 Å². The first-order valence-corrected chi connectivity index (χ1v) is 16.1. The summed E-state index contributed by atoms with van der Waals surface area (Å²) in [6, 6.07) is 0. The Labute approximate surface area is 229 Å². The molecule has 0 amide bonds. The van der Waals surface area contributed by atoms with Gasteiger partial charge in [0, 0.05) is 22.7 Å². The number of ketones is 2. The third-order valence-electron chi connectivity index (χ3n) is 11.3. The van der Waals surface area contributed by atoms with Crippen molar-refractivity contribution in [2.24, 2.45) is 28.6 Å². The lowest BCUT2D eigenvalue weighted by Gasteiger charge is -2.62. The molecule has 0 bridgehead atoms. The fraction of sp³-hybridized carbons (Fsp3) is 0.793. The van der Waals surface area contributed by atoms with Gasteiger partial charge in [0.15, 0.2) is 29.1 Å². The van der Waals surface area contributed by atoms with Gasteiger partial charge in [-0.2, -0.15) is 8.42 Å². The number of aliphatic hydroxyl groups is 1. The van der Waals surface area contributed by atoms with Gasteiger partial charge >= 0.3 is 0 Å². The Kier molecular flexibility index (Phi) is 6.40. The van der Waals surface area contributed by atoms with Crippen molar-refractivity contribution >= 4 is 21.7 Å². The number of halogens is 1. The summed E-state index contributed by atoms with van der Waals surface area (Å²) < 4.78 is 59.3. The molecular formula is C29H39FO8S. The molecular weight excluding hydrogens is 527 g/mol. The van der Waals surface area contributed by atoms with E-state index in [1.54, 1.807) is 13.0 Å². The van der Waals surface area contributed by atoms with Gasteiger partial charge in [-0.15, -0.1) is 0 Å². The average Bonchev–Trinajstić information content (AvgIpc) is 3.38. The van der Waals surface area contributed by atoms with Gasteiger partial charge < -0.3 is 14.6 Å². The second-order valence-corrected chi connectivity index (χ2v) is 14.8. The summed E-state index contributed by atoms with van der Waals surface area (Å²) in [5, 5.41) is 11.7. The smallest absolute Gasteiger partial charge is 0.264 e. The van der Waals surface area contributed by atoms with Crippen LogP contribution < -0.4 is 0 Å². The molecule has 5 fully saturated rings. The van der Waals surface area contributed by atoms with Crippen LogP contribution in [0, 0.1) is 28.6 Å². The molecule has 0 aromatic carbocycles. The van der Waals surface area contributed by atoms with E-state index in [-0.39, 0.29) is 24.0 Å². The van der Waals surface area contributed by atoms with Crippen LogP contribution in [-0.2, 0) is 33.4 Å². The molecule has 1 unspecified atom stereocenters. The van der Waals surface area contributed by atoms with Crippen molar-refractivity contribution in [1.29, 1.82) is 0 Å². The van der Waals surface area contributed by atoms with Crippen molar-refractivity contribution in [1.82, 2.24) is 0 Å². The Bertz CT molecular complexity index is 1240. The number of allylic oxidation sites excluding steroid dienone is 4. The lowest BCUT2D eigenvalue weighted by Crippen LogP contribution is -2.69. The quantitative estimate of drug-likeness (QED) is 0.502. The molecule has 39 heavy (non-hydrogen) atoms. The Hall–Kier alpha value is -1.46. The predicted octanol–water partition coefficient (Wildman–Crippen LogP) is 3.57. The minimum Gasteiger partial charge on any atom is -0.390 e. The number of alkyl halides is 1. The molecule has 1 saturated heterocycles. The number of aliphatic hydroxyl groups excluding tert-OH is 1. The fourth-order valence-electron chi connectivity index (χ4n) is 9.37. The maximum Gasteiger partial charge on any atom is 0.264 e. The molecule has 10 heteroatoms. The largest absolute Gasteiger partial charge is 0.390 e. The summed E-state index contributed by atoms with van der Waals surface area (Å²) in [7, 11) is -3.90. The lowest BCUT2D eigenvalue weighted by atomic mass is 9.44. The third-order valence-corrected chi connectivity index (χ3v) is 11.8. The number of ether oxygens (including phenoxy) is 2. The van der Waals surface area contributed by atoms with Gasteiger partial charge in [0.25, 0.3) is 10.1 Å². The number of hydrogen-bond donors (Lipinski definition) is 1. The van der Waals surface area contributed by atoms with Gasteiger partial charge in [0.1, 0.15) is 6.61 Å². The van der Waals surface area contributed by atoms with Gasteiger partial charge in [-0.1, -0.05) is 37.8 Å². The normalized spacial score (nSPS) is 47.7. The zero-order chi connectivity index (χ0) is 28.0. The number of hydrogen-bond acceptors (Lipinski definition) is 8. The minimum atomic E-state index is -3.90. The highest BCUT2D eigenvalue weighted by Crippen LogP contribution is 2.72. The molecule has 0 spiro atoms. The number of Topliss-reactive ketones (excluding diaryl/α,β-unsaturated/α-hetero) is 1. The number of fused-ring (bicyclic) bond motifs is 7. The van der Waals surface area contributed by atoms with Crippen LogP contribution in [0.3, 0.4) is 0 Å². The van der Waals surface area contributed by atoms with Crippen LogP contribution in [0.15, 0.2) is 23.8 Å². The van der Waals surface area contributed by atoms with Gasteiger partial charge in [0.2, 0.25) is 0 Å². The number of rotatable bonds is 5. The van der Waals surface area contributed by atoms with E-state index in [9.17, 15) is 23.1 Å². The summed E-state index contributed by atoms with van der Waals surface area (Å²) in [6.07, 6.45) is 8.92. The summed E-state index contributed by atoms with van der Waals surface area (Å²) in [5.74, 6) is -1.58. The standard InChI is InChI=1S/C29H39FO8S/c1-26-12-11-19(31)13-18(26)9-10-20-21-14-24-29(23(33)16-36-39(3,34)35,27(21,2)15-22(32)28(20,26)30)38-25(37-24)17-7-5-4-6-8-17/h11-13,17,20-22,24-25,32H,4-10,14-16H2,1-3H3/t20-,21-,22-,24-,25?,26-,27-,28-,29+/m0/s1. The zero-order valence-corrected chi connectivity index (χ0v) is 23.7. The lowest BCUT2D eigenvalue weighted by molar-refractivity contribution is -0.235. The van der Waals surface area contributed by atoms with Crippen LogP contribution in [0.1, 0.15) is 71.6 Å². The van der Waals surface area contributed by atoms with Crippen molar-refractivity contribution in [2.75, 3.05) is 12.9 Å². The van der Waals surface area contributed by atoms with Crippen molar-refractivity contribution in [3.8, 4) is 0 Å². The third kappa shape index (κ3) is 3.77. The summed E-state index contributed by atoms with van der Waals surface area (Å²) in [6.45, 7) is 2.93. The highest BCUT2D eigenvalue weighted by atomic mass is 32.2. The van der Waals surface area contributed by atoms with Gasteiger partial charge in [-0.3, -0.25) is 13.8 Å². The molecule has 216 valence electrons. The maximum atomic E-state index is 17.5. The van der Waals surface area contributed by atoms with E-state index in [0.717, 1.165) is 38.4 Å². The number of carbonyl (C=O) groups is 2. The Morgan fingerprint density at radius 3 is 2.59 bits per heavy atom. The molecule has 9 atom stereocenters. The van der Waals surface area contributed by atoms with Gasteiger partial charge in [0.05, 0.1) is 18.5 Å². The number of carbonyl (C=O) groups excluding carboxylic acids is 2. The maximum absolute atomic E-state index is 17.5. The average molecular weight is 567 g/mol. The van der Waals surface area contributed by atoms with Gasteiger partial charge in [-0.25, -0.2) is 4.39 Å². The van der Waals surface area contributed by atoms with E-state index in [0.29, 0.717) is 24.8 Å². The van der Waals surface area contributed by atoms with Crippen molar-refractivity contribution < 1.29 is 41.2 Å². The first-order valence-electron chi connectivity index (χ1n) is 14.3. The van der Waals surface area contributed by atoms with Crippen LogP contribution in [0.5, 0.6) is 0 Å². The van der Waals surface area contributed by atoms with E-state index < -0.39 is 69.0 Å². The van der Waals surface area contributed by atoms with Crippen LogP contribution in [0.25, 0.3) is 0 Å². The Morgan fingerprint density at radius 2 is 1.90 bits per heavy atom. The van der Waals surface area contributed by atoms with Crippen LogP contribution >= 0.6 is 0 Å². The van der Waals surface area contributed by atoms with E-state index in [1.165, 1.54) is 12.2 Å². The summed E-state index contributed by atoms with van der Waals surface area (Å²) >= 11 is 0. The highest BCUT2D eigenvalue weighted by molar-refractivity contribution is 7.86. The zero-order valence-electron chi connectivity index (χ0n) is 22.9.